The second kappa shape index (κ2) is 8.01. The van der Waals surface area contributed by atoms with Crippen molar-refractivity contribution < 1.29 is 4.74 Å². The van der Waals surface area contributed by atoms with E-state index in [2.05, 4.69) is 43.7 Å². The fourth-order valence-electron chi connectivity index (χ4n) is 3.87. The van der Waals surface area contributed by atoms with Gasteiger partial charge in [-0.3, -0.25) is 4.90 Å². The van der Waals surface area contributed by atoms with Crippen molar-refractivity contribution in [3.05, 3.63) is 54.1 Å². The highest BCUT2D eigenvalue weighted by atomic mass is 16.5. The van der Waals surface area contributed by atoms with Crippen molar-refractivity contribution in [1.82, 2.24) is 25.0 Å². The summed E-state index contributed by atoms with van der Waals surface area (Å²) in [5.41, 5.74) is 1.33. The van der Waals surface area contributed by atoms with Crippen LogP contribution in [0.25, 0.3) is 0 Å². The molecular weight excluding hydrogens is 326 g/mol. The van der Waals surface area contributed by atoms with Gasteiger partial charge in [0.2, 0.25) is 0 Å². The van der Waals surface area contributed by atoms with Crippen LogP contribution in [0.1, 0.15) is 36.0 Å². The minimum atomic E-state index is 0.542. The molecule has 3 heterocycles. The van der Waals surface area contributed by atoms with Gasteiger partial charge in [-0.15, -0.1) is 10.2 Å². The number of aromatic nitrogens is 3. The lowest BCUT2D eigenvalue weighted by atomic mass is 9.95. The molecule has 0 amide bonds. The average molecular weight is 353 g/mol. The molecule has 1 N–H and O–H groups in total. The molecule has 1 fully saturated rings. The first kappa shape index (κ1) is 17.2. The topological polar surface area (TPSA) is 55.2 Å². The standard InChI is InChI=1S/C20H27N5O/c1-2-13-26-18-5-3-16(4-6-18)15-24-10-7-17(8-11-24)20-23-22-19-14-21-9-12-25(19)20/h2-6,17,21H,1,7-15H2. The van der Waals surface area contributed by atoms with Gasteiger partial charge in [0.15, 0.2) is 0 Å². The molecule has 2 aliphatic rings. The molecule has 0 radical (unpaired) electrons. The van der Waals surface area contributed by atoms with Gasteiger partial charge in [-0.05, 0) is 43.6 Å². The summed E-state index contributed by atoms with van der Waals surface area (Å²) in [6.45, 7) is 10.3. The van der Waals surface area contributed by atoms with Crippen molar-refractivity contribution in [2.24, 2.45) is 0 Å². The molecule has 0 atom stereocenters. The van der Waals surface area contributed by atoms with Crippen molar-refractivity contribution in [3.63, 3.8) is 0 Å². The van der Waals surface area contributed by atoms with Crippen molar-refractivity contribution in [2.75, 3.05) is 26.2 Å². The maximum absolute atomic E-state index is 5.55. The van der Waals surface area contributed by atoms with Gasteiger partial charge in [0.25, 0.3) is 0 Å². The Labute approximate surface area is 154 Å². The first-order chi connectivity index (χ1) is 12.8. The van der Waals surface area contributed by atoms with Crippen LogP contribution >= 0.6 is 0 Å². The van der Waals surface area contributed by atoms with Gasteiger partial charge in [0.05, 0.1) is 6.54 Å². The Hall–Kier alpha value is -2.18. The molecule has 6 heteroatoms. The number of hydrogen-bond donors (Lipinski definition) is 1. The smallest absolute Gasteiger partial charge is 0.147 e. The lowest BCUT2D eigenvalue weighted by Gasteiger charge is -2.32. The fraction of sp³-hybridized carbons (Fsp3) is 0.500. The highest BCUT2D eigenvalue weighted by molar-refractivity contribution is 5.27. The zero-order chi connectivity index (χ0) is 17.8. The number of benzene rings is 1. The lowest BCUT2D eigenvalue weighted by molar-refractivity contribution is 0.199. The van der Waals surface area contributed by atoms with Gasteiger partial charge in [0.1, 0.15) is 24.0 Å². The lowest BCUT2D eigenvalue weighted by Crippen LogP contribution is -2.34. The van der Waals surface area contributed by atoms with E-state index in [1.165, 1.54) is 11.4 Å². The molecule has 0 spiro atoms. The summed E-state index contributed by atoms with van der Waals surface area (Å²) in [5, 5.41) is 12.2. The Balaban J connectivity index is 1.31. The van der Waals surface area contributed by atoms with Crippen molar-refractivity contribution >= 4 is 0 Å². The number of ether oxygens (including phenoxy) is 1. The number of likely N-dealkylation sites (tertiary alicyclic amines) is 1. The van der Waals surface area contributed by atoms with Crippen LogP contribution in [-0.4, -0.2) is 45.9 Å². The molecule has 26 heavy (non-hydrogen) atoms. The van der Waals surface area contributed by atoms with Crippen LogP contribution in [0.3, 0.4) is 0 Å². The van der Waals surface area contributed by atoms with Gasteiger partial charge >= 0.3 is 0 Å². The molecule has 1 aromatic heterocycles. The molecule has 1 saturated heterocycles. The zero-order valence-corrected chi connectivity index (χ0v) is 15.2. The second-order valence-electron chi connectivity index (χ2n) is 7.10. The maximum atomic E-state index is 5.55. The number of nitrogens with one attached hydrogen (secondary N) is 1. The van der Waals surface area contributed by atoms with E-state index in [4.69, 9.17) is 4.74 Å². The van der Waals surface area contributed by atoms with Gasteiger partial charge in [-0.25, -0.2) is 0 Å². The SMILES string of the molecule is C=CCOc1ccc(CN2CCC(c3nnc4n3CCNC4)CC2)cc1. The molecule has 0 bridgehead atoms. The van der Waals surface area contributed by atoms with E-state index in [1.54, 1.807) is 6.08 Å². The molecule has 2 aromatic rings. The summed E-state index contributed by atoms with van der Waals surface area (Å²) in [7, 11) is 0. The summed E-state index contributed by atoms with van der Waals surface area (Å²) in [6, 6.07) is 8.41. The third kappa shape index (κ3) is 3.81. The van der Waals surface area contributed by atoms with E-state index in [-0.39, 0.29) is 0 Å². The predicted octanol–water partition coefficient (Wildman–Crippen LogP) is 2.33. The van der Waals surface area contributed by atoms with E-state index in [1.807, 2.05) is 12.1 Å². The average Bonchev–Trinajstić information content (AvgIpc) is 3.12. The summed E-state index contributed by atoms with van der Waals surface area (Å²) < 4.78 is 7.88. The van der Waals surface area contributed by atoms with Crippen LogP contribution in [0.5, 0.6) is 5.75 Å². The number of nitrogens with zero attached hydrogens (tertiary/aromatic N) is 4. The summed E-state index contributed by atoms with van der Waals surface area (Å²) in [5.74, 6) is 3.73. The molecule has 0 unspecified atom stereocenters. The van der Waals surface area contributed by atoms with Crippen molar-refractivity contribution in [2.45, 2.75) is 38.4 Å². The molecule has 2 aliphatic heterocycles. The van der Waals surface area contributed by atoms with Crippen LogP contribution in [0, 0.1) is 0 Å². The highest BCUT2D eigenvalue weighted by Gasteiger charge is 2.26. The predicted molar refractivity (Wildman–Crippen MR) is 101 cm³/mol. The van der Waals surface area contributed by atoms with Crippen LogP contribution in [0.15, 0.2) is 36.9 Å². The third-order valence-corrected chi connectivity index (χ3v) is 5.30. The number of rotatable bonds is 6. The number of piperidine rings is 1. The van der Waals surface area contributed by atoms with E-state index in [0.29, 0.717) is 12.5 Å². The monoisotopic (exact) mass is 353 g/mol. The molecular formula is C20H27N5O. The van der Waals surface area contributed by atoms with Crippen LogP contribution < -0.4 is 10.1 Å². The van der Waals surface area contributed by atoms with E-state index in [0.717, 1.165) is 63.7 Å². The van der Waals surface area contributed by atoms with Gasteiger partial charge in [-0.2, -0.15) is 0 Å². The number of fused-ring (bicyclic) bond motifs is 1. The highest BCUT2D eigenvalue weighted by Crippen LogP contribution is 2.28. The van der Waals surface area contributed by atoms with Crippen LogP contribution in [0.4, 0.5) is 0 Å². The first-order valence-electron chi connectivity index (χ1n) is 9.51. The Morgan fingerprint density at radius 1 is 1.15 bits per heavy atom. The molecule has 138 valence electrons. The van der Waals surface area contributed by atoms with Crippen molar-refractivity contribution in [1.29, 1.82) is 0 Å². The molecule has 0 aliphatic carbocycles. The van der Waals surface area contributed by atoms with E-state index < -0.39 is 0 Å². The maximum Gasteiger partial charge on any atom is 0.147 e. The van der Waals surface area contributed by atoms with E-state index >= 15 is 0 Å². The molecule has 1 aromatic carbocycles. The fourth-order valence-corrected chi connectivity index (χ4v) is 3.87. The quantitative estimate of drug-likeness (QED) is 0.808. The van der Waals surface area contributed by atoms with Crippen LogP contribution in [0.2, 0.25) is 0 Å². The zero-order valence-electron chi connectivity index (χ0n) is 15.2. The summed E-state index contributed by atoms with van der Waals surface area (Å²) in [4.78, 5) is 2.53. The Bertz CT molecular complexity index is 731. The summed E-state index contributed by atoms with van der Waals surface area (Å²) in [6.07, 6.45) is 4.08. The van der Waals surface area contributed by atoms with Gasteiger partial charge < -0.3 is 14.6 Å². The molecule has 6 nitrogen and oxygen atoms in total. The largest absolute Gasteiger partial charge is 0.490 e. The van der Waals surface area contributed by atoms with E-state index in [9.17, 15) is 0 Å². The Morgan fingerprint density at radius 2 is 1.96 bits per heavy atom. The Kier molecular flexibility index (Phi) is 5.32. The van der Waals surface area contributed by atoms with Gasteiger partial charge in [0, 0.05) is 25.6 Å². The normalized spacial score (nSPS) is 18.5. The van der Waals surface area contributed by atoms with Gasteiger partial charge in [-0.1, -0.05) is 24.8 Å². The minimum absolute atomic E-state index is 0.542. The first-order valence-corrected chi connectivity index (χ1v) is 9.51. The molecule has 0 saturated carbocycles. The number of hydrogen-bond acceptors (Lipinski definition) is 5. The second-order valence-corrected chi connectivity index (χ2v) is 7.10. The summed E-state index contributed by atoms with van der Waals surface area (Å²) >= 11 is 0. The van der Waals surface area contributed by atoms with Crippen LogP contribution in [-0.2, 0) is 19.6 Å². The minimum Gasteiger partial charge on any atom is -0.490 e. The third-order valence-electron chi connectivity index (χ3n) is 5.30. The molecule has 4 rings (SSSR count). The van der Waals surface area contributed by atoms with Crippen molar-refractivity contribution in [3.8, 4) is 5.75 Å². The Morgan fingerprint density at radius 3 is 2.73 bits per heavy atom.